The molecule has 1 saturated carbocycles. The average molecular weight is 542 g/mol. The number of benzene rings is 1. The Labute approximate surface area is 196 Å². The first-order chi connectivity index (χ1) is 15.3. The molecule has 5 rings (SSSR count). The molecule has 2 aliphatic rings. The van der Waals surface area contributed by atoms with Crippen LogP contribution in [0.15, 0.2) is 36.4 Å². The first-order valence-corrected chi connectivity index (χ1v) is 16.5. The zero-order valence-corrected chi connectivity index (χ0v) is 21.7. The van der Waals surface area contributed by atoms with Crippen molar-refractivity contribution in [3.8, 4) is 0 Å². The van der Waals surface area contributed by atoms with E-state index in [2.05, 4.69) is 68.9 Å². The number of H-pyrrole nitrogens is 1. The average Bonchev–Trinajstić information content (AvgIpc) is 3.50. The third-order valence-corrected chi connectivity index (χ3v) is 11.8. The molecule has 3 aromatic rings. The predicted molar refractivity (Wildman–Crippen MR) is 129 cm³/mol. The molecule has 0 bridgehead atoms. The van der Waals surface area contributed by atoms with Crippen molar-refractivity contribution in [2.75, 3.05) is 5.32 Å². The van der Waals surface area contributed by atoms with Crippen LogP contribution >= 0.6 is 0 Å². The van der Waals surface area contributed by atoms with Crippen LogP contribution in [0.5, 0.6) is 0 Å². The summed E-state index contributed by atoms with van der Waals surface area (Å²) in [6.45, 7) is 7.27. The summed E-state index contributed by atoms with van der Waals surface area (Å²) in [5.41, 5.74) is 4.86. The van der Waals surface area contributed by atoms with Crippen molar-refractivity contribution in [1.29, 1.82) is 0 Å². The van der Waals surface area contributed by atoms with Gasteiger partial charge in [-0.1, -0.05) is 26.8 Å². The number of nitrogens with zero attached hydrogens (tertiary/aromatic N) is 2. The fraction of sp³-hybridized carbons (Fsp3) is 0.440. The van der Waals surface area contributed by atoms with Gasteiger partial charge in [-0.05, 0) is 12.1 Å². The van der Waals surface area contributed by atoms with Crippen LogP contribution in [-0.4, -0.2) is 35.7 Å². The molecule has 0 radical (unpaired) electrons. The van der Waals surface area contributed by atoms with E-state index < -0.39 is 20.5 Å². The number of aromatic amines is 1. The Morgan fingerprint density at radius 3 is 2.75 bits per heavy atom. The molecule has 2 atom stereocenters. The van der Waals surface area contributed by atoms with Gasteiger partial charge in [0.15, 0.2) is 0 Å². The molecule has 1 aromatic carbocycles. The van der Waals surface area contributed by atoms with E-state index in [-0.39, 0.29) is 11.2 Å². The van der Waals surface area contributed by atoms with E-state index in [4.69, 9.17) is 4.98 Å². The van der Waals surface area contributed by atoms with Gasteiger partial charge < -0.3 is 0 Å². The zero-order chi connectivity index (χ0) is 22.5. The van der Waals surface area contributed by atoms with E-state index in [1.807, 2.05) is 12.1 Å². The van der Waals surface area contributed by atoms with Crippen molar-refractivity contribution >= 4 is 35.5 Å². The molecule has 32 heavy (non-hydrogen) atoms. The molecule has 168 valence electrons. The summed E-state index contributed by atoms with van der Waals surface area (Å²) >= 11 is -1.62. The van der Waals surface area contributed by atoms with Gasteiger partial charge in [-0.3, -0.25) is 4.98 Å². The molecule has 3 heterocycles. The SMILES string of the molecule is [CH3][Sb]1[NH]Cc2[c]1ccc(Nc1cc(C3CCC(c4cccc(C(C)(C)C)n4)C3)[nH]n1)c2F. The topological polar surface area (TPSA) is 65.6 Å². The van der Waals surface area contributed by atoms with Crippen LogP contribution in [-0.2, 0) is 12.0 Å². The van der Waals surface area contributed by atoms with Gasteiger partial charge >= 0.3 is 142 Å². The molecule has 2 aromatic heterocycles. The number of hydrogen-bond acceptors (Lipinski definition) is 4. The number of nitrogens with one attached hydrogen (secondary N) is 3. The molecule has 1 aliphatic heterocycles. The molecular formula is C25H31FN5Sb. The van der Waals surface area contributed by atoms with Crippen molar-refractivity contribution in [2.24, 2.45) is 0 Å². The molecule has 0 saturated heterocycles. The summed E-state index contributed by atoms with van der Waals surface area (Å²) in [5.74, 6) is 1.43. The minimum absolute atomic E-state index is 0.0573. The van der Waals surface area contributed by atoms with Crippen molar-refractivity contribution in [3.05, 3.63) is 64.9 Å². The van der Waals surface area contributed by atoms with Gasteiger partial charge in [-0.15, -0.1) is 0 Å². The summed E-state index contributed by atoms with van der Waals surface area (Å²) in [5, 5.41) is 10.8. The quantitative estimate of drug-likeness (QED) is 0.408. The number of anilines is 2. The van der Waals surface area contributed by atoms with Crippen LogP contribution in [0.3, 0.4) is 0 Å². The van der Waals surface area contributed by atoms with Crippen molar-refractivity contribution < 1.29 is 4.39 Å². The Bertz CT molecular complexity index is 1140. The summed E-state index contributed by atoms with van der Waals surface area (Å²) in [7, 11) is 0. The Kier molecular flexibility index (Phi) is 5.79. The van der Waals surface area contributed by atoms with Crippen molar-refractivity contribution in [1.82, 2.24) is 18.7 Å². The maximum absolute atomic E-state index is 15.0. The van der Waals surface area contributed by atoms with Gasteiger partial charge in [-0.25, -0.2) is 0 Å². The Hall–Kier alpha value is -1.91. The molecule has 0 spiro atoms. The predicted octanol–water partition coefficient (Wildman–Crippen LogP) is 4.97. The number of pyridine rings is 1. The molecule has 2 unspecified atom stereocenters. The van der Waals surface area contributed by atoms with Gasteiger partial charge in [0, 0.05) is 11.1 Å². The van der Waals surface area contributed by atoms with E-state index in [0.717, 1.165) is 36.2 Å². The third-order valence-electron chi connectivity index (χ3n) is 6.76. The van der Waals surface area contributed by atoms with Crippen LogP contribution in [0.2, 0.25) is 4.87 Å². The van der Waals surface area contributed by atoms with Crippen LogP contribution in [0.25, 0.3) is 0 Å². The third kappa shape index (κ3) is 4.20. The van der Waals surface area contributed by atoms with E-state index in [0.29, 0.717) is 29.9 Å². The number of aromatic nitrogens is 3. The normalized spacial score (nSPS) is 21.2. The van der Waals surface area contributed by atoms with Gasteiger partial charge in [0.1, 0.15) is 0 Å². The molecule has 0 amide bonds. The van der Waals surface area contributed by atoms with E-state index in [1.165, 1.54) is 9.20 Å². The molecule has 3 N–H and O–H groups in total. The fourth-order valence-electron chi connectivity index (χ4n) is 4.85. The maximum atomic E-state index is 15.0. The van der Waals surface area contributed by atoms with Crippen molar-refractivity contribution in [3.63, 3.8) is 0 Å². The van der Waals surface area contributed by atoms with Gasteiger partial charge in [0.2, 0.25) is 0 Å². The second kappa shape index (κ2) is 8.46. The Balaban J connectivity index is 1.28. The first kappa shape index (κ1) is 21.9. The standard InChI is InChI=1S/C24H28FN5.CH3.Sb/c1-24(2,3)21-9-5-7-18(27-21)15-10-11-16(12-15)20-13-22(30-29-20)28-19-8-4-6-17(14-26)23(19)25;;/h4-5,7-9,13,15-16,26H,10-12,14H2,1-3H3,(H2,28,29,30);1H3;/q-1;;+1. The number of fused-ring (bicyclic) bond motifs is 1. The molecule has 7 heteroatoms. The van der Waals surface area contributed by atoms with Gasteiger partial charge in [-0.2, -0.15) is 0 Å². The Morgan fingerprint density at radius 1 is 1.12 bits per heavy atom. The summed E-state index contributed by atoms with van der Waals surface area (Å²) < 4.78 is 19.7. The number of rotatable bonds is 4. The van der Waals surface area contributed by atoms with Gasteiger partial charge in [0.05, 0.1) is 0 Å². The van der Waals surface area contributed by atoms with E-state index in [1.54, 1.807) is 0 Å². The second-order valence-electron chi connectivity index (χ2n) is 10.1. The van der Waals surface area contributed by atoms with Crippen LogP contribution in [0.4, 0.5) is 15.9 Å². The minimum atomic E-state index is -1.62. The first-order valence-electron chi connectivity index (χ1n) is 11.4. The molecule has 1 fully saturated rings. The summed E-state index contributed by atoms with van der Waals surface area (Å²) in [4.78, 5) is 7.22. The zero-order valence-electron chi connectivity index (χ0n) is 19.2. The fourth-order valence-corrected chi connectivity index (χ4v) is 8.98. The van der Waals surface area contributed by atoms with Crippen molar-refractivity contribution in [2.45, 2.75) is 68.7 Å². The van der Waals surface area contributed by atoms with Crippen LogP contribution in [0, 0.1) is 5.82 Å². The van der Waals surface area contributed by atoms with Crippen LogP contribution < -0.4 is 12.3 Å². The number of hydrogen-bond donors (Lipinski definition) is 3. The molecular weight excluding hydrogens is 511 g/mol. The molecule has 5 nitrogen and oxygen atoms in total. The number of halogens is 1. The Morgan fingerprint density at radius 2 is 1.94 bits per heavy atom. The van der Waals surface area contributed by atoms with Gasteiger partial charge in [0.25, 0.3) is 0 Å². The molecule has 1 aliphatic carbocycles. The summed E-state index contributed by atoms with van der Waals surface area (Å²) in [6.07, 6.45) is 3.30. The van der Waals surface area contributed by atoms with Crippen LogP contribution in [0.1, 0.15) is 74.5 Å². The van der Waals surface area contributed by atoms with E-state index in [9.17, 15) is 4.39 Å². The van der Waals surface area contributed by atoms with E-state index >= 15 is 0 Å². The summed E-state index contributed by atoms with van der Waals surface area (Å²) in [6, 6.07) is 12.4. The second-order valence-corrected chi connectivity index (χ2v) is 15.5. The monoisotopic (exact) mass is 541 g/mol.